The number of hydrogen-bond acceptors (Lipinski definition) is 4. The van der Waals surface area contributed by atoms with Crippen molar-refractivity contribution in [3.63, 3.8) is 0 Å². The predicted octanol–water partition coefficient (Wildman–Crippen LogP) is 1.34. The maximum absolute atomic E-state index is 10.7. The Morgan fingerprint density at radius 2 is 2.00 bits per heavy atom. The summed E-state index contributed by atoms with van der Waals surface area (Å²) in [5.41, 5.74) is 1.19. The van der Waals surface area contributed by atoms with Crippen LogP contribution < -0.4 is 0 Å². The summed E-state index contributed by atoms with van der Waals surface area (Å²) >= 11 is 0. The molecule has 1 aliphatic heterocycles. The maximum Gasteiger partial charge on any atom is 0.269 e. The monoisotopic (exact) mass is 235 g/mol. The number of nitrogens with zero attached hydrogens (tertiary/aromatic N) is 3. The van der Waals surface area contributed by atoms with Crippen LogP contribution in [0.2, 0.25) is 0 Å². The molecule has 0 saturated carbocycles. The average Bonchev–Trinajstić information content (AvgIpc) is 2.32. The molecule has 1 aromatic carbocycles. The van der Waals surface area contributed by atoms with Gasteiger partial charge in [0, 0.05) is 44.9 Å². The number of non-ortho nitro benzene ring substituents is 1. The molecule has 92 valence electrons. The van der Waals surface area contributed by atoms with Gasteiger partial charge in [-0.15, -0.1) is 0 Å². The van der Waals surface area contributed by atoms with Crippen molar-refractivity contribution in [1.82, 2.24) is 9.80 Å². The number of nitro groups is 1. The van der Waals surface area contributed by atoms with Crippen molar-refractivity contribution in [2.24, 2.45) is 0 Å². The molecule has 0 radical (unpaired) electrons. The van der Waals surface area contributed by atoms with Gasteiger partial charge in [-0.25, -0.2) is 0 Å². The second kappa shape index (κ2) is 5.25. The van der Waals surface area contributed by atoms with E-state index in [9.17, 15) is 10.1 Å². The quantitative estimate of drug-likeness (QED) is 0.586. The van der Waals surface area contributed by atoms with Gasteiger partial charge in [0.05, 0.1) is 4.92 Å². The van der Waals surface area contributed by atoms with Gasteiger partial charge in [-0.05, 0) is 12.6 Å². The van der Waals surface area contributed by atoms with E-state index in [4.69, 9.17) is 0 Å². The van der Waals surface area contributed by atoms with Gasteiger partial charge < -0.3 is 4.90 Å². The zero-order valence-electron chi connectivity index (χ0n) is 10.0. The van der Waals surface area contributed by atoms with Gasteiger partial charge in [-0.3, -0.25) is 15.0 Å². The van der Waals surface area contributed by atoms with Crippen molar-refractivity contribution in [3.8, 4) is 0 Å². The van der Waals surface area contributed by atoms with Gasteiger partial charge in [0.15, 0.2) is 0 Å². The minimum absolute atomic E-state index is 0.177. The molecular weight excluding hydrogens is 218 g/mol. The first-order chi connectivity index (χ1) is 8.15. The van der Waals surface area contributed by atoms with E-state index in [1.807, 2.05) is 6.07 Å². The molecule has 5 heteroatoms. The molecule has 1 heterocycles. The smallest absolute Gasteiger partial charge is 0.269 e. The molecule has 5 nitrogen and oxygen atoms in total. The first-order valence-corrected chi connectivity index (χ1v) is 5.79. The number of nitro benzene ring substituents is 1. The molecule has 1 fully saturated rings. The fraction of sp³-hybridized carbons (Fsp3) is 0.500. The highest BCUT2D eigenvalue weighted by Gasteiger charge is 2.14. The van der Waals surface area contributed by atoms with Gasteiger partial charge in [-0.2, -0.15) is 0 Å². The van der Waals surface area contributed by atoms with Crippen LogP contribution in [0, 0.1) is 10.1 Å². The molecule has 2 rings (SSSR count). The zero-order chi connectivity index (χ0) is 12.3. The van der Waals surface area contributed by atoms with E-state index in [2.05, 4.69) is 16.8 Å². The van der Waals surface area contributed by atoms with E-state index < -0.39 is 0 Å². The number of piperazine rings is 1. The van der Waals surface area contributed by atoms with E-state index in [1.165, 1.54) is 6.07 Å². The van der Waals surface area contributed by atoms with Crippen LogP contribution in [0.5, 0.6) is 0 Å². The summed E-state index contributed by atoms with van der Waals surface area (Å²) < 4.78 is 0. The van der Waals surface area contributed by atoms with Crippen molar-refractivity contribution >= 4 is 5.69 Å². The molecule has 0 bridgehead atoms. The van der Waals surface area contributed by atoms with E-state index in [1.54, 1.807) is 12.1 Å². The molecule has 17 heavy (non-hydrogen) atoms. The van der Waals surface area contributed by atoms with E-state index >= 15 is 0 Å². The summed E-state index contributed by atoms with van der Waals surface area (Å²) in [5.74, 6) is 0. The molecule has 0 spiro atoms. The lowest BCUT2D eigenvalue weighted by atomic mass is 10.2. The predicted molar refractivity (Wildman–Crippen MR) is 65.9 cm³/mol. The van der Waals surface area contributed by atoms with Gasteiger partial charge >= 0.3 is 0 Å². The largest absolute Gasteiger partial charge is 0.304 e. The average molecular weight is 235 g/mol. The third kappa shape index (κ3) is 3.25. The van der Waals surface area contributed by atoms with Crippen LogP contribution in [0.3, 0.4) is 0 Å². The molecule has 0 N–H and O–H groups in total. The van der Waals surface area contributed by atoms with Crippen LogP contribution in [0.25, 0.3) is 0 Å². The number of benzene rings is 1. The Morgan fingerprint density at radius 1 is 1.29 bits per heavy atom. The van der Waals surface area contributed by atoms with Crippen molar-refractivity contribution < 1.29 is 4.92 Å². The lowest BCUT2D eigenvalue weighted by molar-refractivity contribution is -0.384. The van der Waals surface area contributed by atoms with Crippen molar-refractivity contribution in [2.45, 2.75) is 6.54 Å². The first-order valence-electron chi connectivity index (χ1n) is 5.79. The zero-order valence-corrected chi connectivity index (χ0v) is 10.0. The van der Waals surface area contributed by atoms with E-state index in [0.29, 0.717) is 0 Å². The summed E-state index contributed by atoms with van der Waals surface area (Å²) in [4.78, 5) is 15.0. The van der Waals surface area contributed by atoms with E-state index in [-0.39, 0.29) is 10.6 Å². The van der Waals surface area contributed by atoms with Crippen molar-refractivity contribution in [2.75, 3.05) is 33.2 Å². The molecule has 1 aromatic rings. The SMILES string of the molecule is CN1CCN(Cc2cccc([N+](=O)[O-])c2)CC1. The molecule has 0 amide bonds. The topological polar surface area (TPSA) is 49.6 Å². The van der Waals surface area contributed by atoms with Gasteiger partial charge in [0.25, 0.3) is 5.69 Å². The summed E-state index contributed by atoms with van der Waals surface area (Å²) in [6, 6.07) is 6.90. The fourth-order valence-corrected chi connectivity index (χ4v) is 2.03. The summed E-state index contributed by atoms with van der Waals surface area (Å²) in [7, 11) is 2.12. The molecule has 1 saturated heterocycles. The maximum atomic E-state index is 10.7. The third-order valence-electron chi connectivity index (χ3n) is 3.12. The van der Waals surface area contributed by atoms with E-state index in [0.717, 1.165) is 38.3 Å². The highest BCUT2D eigenvalue weighted by Crippen LogP contribution is 2.15. The van der Waals surface area contributed by atoms with Gasteiger partial charge in [0.2, 0.25) is 0 Å². The Hall–Kier alpha value is -1.46. The van der Waals surface area contributed by atoms with Crippen LogP contribution in [0.1, 0.15) is 5.56 Å². The number of rotatable bonds is 3. The highest BCUT2D eigenvalue weighted by molar-refractivity contribution is 5.34. The lowest BCUT2D eigenvalue weighted by Crippen LogP contribution is -2.43. The van der Waals surface area contributed by atoms with Crippen LogP contribution in [-0.2, 0) is 6.54 Å². The van der Waals surface area contributed by atoms with Crippen LogP contribution in [-0.4, -0.2) is 47.9 Å². The molecule has 1 aliphatic rings. The van der Waals surface area contributed by atoms with Crippen LogP contribution in [0.15, 0.2) is 24.3 Å². The summed E-state index contributed by atoms with van der Waals surface area (Å²) in [6.45, 7) is 4.98. The van der Waals surface area contributed by atoms with Gasteiger partial charge in [-0.1, -0.05) is 12.1 Å². The molecule has 0 aromatic heterocycles. The second-order valence-corrected chi connectivity index (χ2v) is 4.51. The molecule has 0 aliphatic carbocycles. The summed E-state index contributed by atoms with van der Waals surface area (Å²) in [6.07, 6.45) is 0. The first kappa shape index (κ1) is 12.0. The Kier molecular flexibility index (Phi) is 3.71. The second-order valence-electron chi connectivity index (χ2n) is 4.51. The van der Waals surface area contributed by atoms with Crippen molar-refractivity contribution in [1.29, 1.82) is 0 Å². The number of likely N-dealkylation sites (N-methyl/N-ethyl adjacent to an activating group) is 1. The van der Waals surface area contributed by atoms with Crippen LogP contribution >= 0.6 is 0 Å². The Labute approximate surface area is 101 Å². The summed E-state index contributed by atoms with van der Waals surface area (Å²) in [5, 5.41) is 10.7. The normalized spacial score (nSPS) is 18.2. The minimum Gasteiger partial charge on any atom is -0.304 e. The Balaban J connectivity index is 1.98. The lowest BCUT2D eigenvalue weighted by Gasteiger charge is -2.32. The van der Waals surface area contributed by atoms with Crippen LogP contribution in [0.4, 0.5) is 5.69 Å². The molecule has 0 unspecified atom stereocenters. The number of hydrogen-bond donors (Lipinski definition) is 0. The standard InChI is InChI=1S/C12H17N3O2/c1-13-5-7-14(8-6-13)10-11-3-2-4-12(9-11)15(16)17/h2-4,9H,5-8,10H2,1H3. The molecule has 0 atom stereocenters. The highest BCUT2D eigenvalue weighted by atomic mass is 16.6. The third-order valence-corrected chi connectivity index (χ3v) is 3.12. The fourth-order valence-electron chi connectivity index (χ4n) is 2.03. The van der Waals surface area contributed by atoms with Crippen molar-refractivity contribution in [3.05, 3.63) is 39.9 Å². The molecular formula is C12H17N3O2. The Bertz CT molecular complexity index is 400. The van der Waals surface area contributed by atoms with Gasteiger partial charge in [0.1, 0.15) is 0 Å². The Morgan fingerprint density at radius 3 is 2.65 bits per heavy atom. The minimum atomic E-state index is -0.340.